The van der Waals surface area contributed by atoms with Gasteiger partial charge in [0.05, 0.1) is 24.2 Å². The van der Waals surface area contributed by atoms with Crippen LogP contribution in [0.15, 0.2) is 44.7 Å². The van der Waals surface area contributed by atoms with Gasteiger partial charge in [0, 0.05) is 22.5 Å². The third-order valence-electron chi connectivity index (χ3n) is 4.23. The van der Waals surface area contributed by atoms with Crippen molar-refractivity contribution < 1.29 is 14.2 Å². The monoisotopic (exact) mass is 429 g/mol. The Labute approximate surface area is 163 Å². The maximum Gasteiger partial charge on any atom is 0.282 e. The third kappa shape index (κ3) is 3.16. The van der Waals surface area contributed by atoms with Crippen LogP contribution in [0.4, 0.5) is 0 Å². The van der Waals surface area contributed by atoms with Gasteiger partial charge in [-0.1, -0.05) is 22.9 Å². The highest BCUT2D eigenvalue weighted by Crippen LogP contribution is 2.37. The van der Waals surface area contributed by atoms with Crippen molar-refractivity contribution in [3.05, 3.63) is 56.5 Å². The molecule has 4 rings (SSSR count). The lowest BCUT2D eigenvalue weighted by Crippen LogP contribution is -2.22. The smallest absolute Gasteiger partial charge is 0.282 e. The summed E-state index contributed by atoms with van der Waals surface area (Å²) in [6.07, 6.45) is 2.13. The Morgan fingerprint density at radius 2 is 2.07 bits per heavy atom. The molecule has 3 aromatic rings. The first-order valence-corrected chi connectivity index (χ1v) is 9.13. The maximum absolute atomic E-state index is 12.9. The highest BCUT2D eigenvalue weighted by molar-refractivity contribution is 9.10. The van der Waals surface area contributed by atoms with Crippen LogP contribution in [-0.2, 0) is 6.42 Å². The molecule has 2 heterocycles. The Kier molecular flexibility index (Phi) is 4.57. The van der Waals surface area contributed by atoms with Crippen LogP contribution < -0.4 is 19.8 Å². The molecule has 138 valence electrons. The zero-order chi connectivity index (χ0) is 19.0. The van der Waals surface area contributed by atoms with Gasteiger partial charge in [-0.2, -0.15) is 9.78 Å². The van der Waals surface area contributed by atoms with E-state index in [1.54, 1.807) is 31.5 Å². The number of methoxy groups -OCH3 is 1. The second-order valence-electron chi connectivity index (χ2n) is 5.85. The Bertz CT molecular complexity index is 1120. The number of aromatic nitrogens is 2. The second-order valence-corrected chi connectivity index (χ2v) is 6.77. The average Bonchev–Trinajstić information content (AvgIpc) is 3.14. The number of hydrogen-bond donors (Lipinski definition) is 0. The number of benzene rings is 2. The van der Waals surface area contributed by atoms with E-state index in [0.717, 1.165) is 4.47 Å². The van der Waals surface area contributed by atoms with Gasteiger partial charge in [0.15, 0.2) is 11.5 Å². The van der Waals surface area contributed by atoms with E-state index in [1.165, 1.54) is 4.68 Å². The summed E-state index contributed by atoms with van der Waals surface area (Å²) < 4.78 is 18.3. The highest BCUT2D eigenvalue weighted by atomic mass is 79.9. The number of ether oxygens (including phenoxy) is 3. The fourth-order valence-electron chi connectivity index (χ4n) is 2.88. The first kappa shape index (κ1) is 17.5. The van der Waals surface area contributed by atoms with Crippen LogP contribution in [-0.4, -0.2) is 29.8 Å². The summed E-state index contributed by atoms with van der Waals surface area (Å²) in [6, 6.07) is 8.93. The molecule has 0 bridgehead atoms. The number of halogens is 1. The van der Waals surface area contributed by atoms with Crippen LogP contribution in [0.25, 0.3) is 10.9 Å². The van der Waals surface area contributed by atoms with Crippen LogP contribution in [0.3, 0.4) is 0 Å². The summed E-state index contributed by atoms with van der Waals surface area (Å²) in [4.78, 5) is 17.5. The first-order chi connectivity index (χ1) is 13.1. The lowest BCUT2D eigenvalue weighted by Gasteiger charge is -2.09. The number of hydrogen-bond acceptors (Lipinski definition) is 6. The van der Waals surface area contributed by atoms with Crippen LogP contribution in [0, 0.1) is 0 Å². The van der Waals surface area contributed by atoms with Crippen molar-refractivity contribution in [2.45, 2.75) is 13.3 Å². The van der Waals surface area contributed by atoms with E-state index >= 15 is 0 Å². The fraction of sp³-hybridized carbons (Fsp3) is 0.211. The summed E-state index contributed by atoms with van der Waals surface area (Å²) >= 11 is 3.39. The largest absolute Gasteiger partial charge is 0.496 e. The molecule has 1 aliphatic heterocycles. The summed E-state index contributed by atoms with van der Waals surface area (Å²) in [7, 11) is 1.56. The number of rotatable bonds is 4. The molecule has 0 atom stereocenters. The number of fused-ring (bicyclic) bond motifs is 2. The molecule has 8 heteroatoms. The van der Waals surface area contributed by atoms with E-state index in [-0.39, 0.29) is 12.4 Å². The minimum atomic E-state index is -0.228. The van der Waals surface area contributed by atoms with E-state index in [4.69, 9.17) is 14.2 Å². The van der Waals surface area contributed by atoms with Crippen LogP contribution in [0.1, 0.15) is 18.3 Å². The topological polar surface area (TPSA) is 74.9 Å². The molecule has 2 aromatic carbocycles. The Hall–Kier alpha value is -2.87. The summed E-state index contributed by atoms with van der Waals surface area (Å²) in [5.41, 5.74) is 1.09. The highest BCUT2D eigenvalue weighted by Gasteiger charge is 2.17. The zero-order valence-corrected chi connectivity index (χ0v) is 16.3. The van der Waals surface area contributed by atoms with Crippen molar-refractivity contribution in [3.8, 4) is 17.2 Å². The van der Waals surface area contributed by atoms with Gasteiger partial charge in [-0.05, 0) is 24.3 Å². The Morgan fingerprint density at radius 3 is 2.81 bits per heavy atom. The minimum Gasteiger partial charge on any atom is -0.496 e. The van der Waals surface area contributed by atoms with Gasteiger partial charge in [0.25, 0.3) is 5.56 Å². The average molecular weight is 430 g/mol. The molecule has 0 N–H and O–H groups in total. The zero-order valence-electron chi connectivity index (χ0n) is 14.7. The van der Waals surface area contributed by atoms with Gasteiger partial charge in [0.1, 0.15) is 11.6 Å². The summed E-state index contributed by atoms with van der Waals surface area (Å²) in [5, 5.41) is 4.88. The summed E-state index contributed by atoms with van der Waals surface area (Å²) in [5.74, 6) is 2.38. The molecular weight excluding hydrogens is 414 g/mol. The van der Waals surface area contributed by atoms with Crippen molar-refractivity contribution in [3.63, 3.8) is 0 Å². The van der Waals surface area contributed by atoms with Gasteiger partial charge in [-0.25, -0.2) is 4.98 Å². The molecule has 0 saturated carbocycles. The predicted octanol–water partition coefficient (Wildman–Crippen LogP) is 3.34. The molecule has 0 unspecified atom stereocenters. The quantitative estimate of drug-likeness (QED) is 0.594. The molecule has 1 aliphatic rings. The fourth-order valence-corrected chi connectivity index (χ4v) is 3.24. The van der Waals surface area contributed by atoms with Gasteiger partial charge in [0.2, 0.25) is 6.79 Å². The molecule has 0 fully saturated rings. The van der Waals surface area contributed by atoms with Gasteiger partial charge < -0.3 is 14.2 Å². The van der Waals surface area contributed by atoms with Gasteiger partial charge in [-0.15, -0.1) is 0 Å². The molecule has 0 aliphatic carbocycles. The molecule has 1 aromatic heterocycles. The Balaban J connectivity index is 1.84. The molecule has 27 heavy (non-hydrogen) atoms. The molecule has 0 radical (unpaired) electrons. The molecule has 7 nitrogen and oxygen atoms in total. The van der Waals surface area contributed by atoms with E-state index in [9.17, 15) is 4.79 Å². The molecular formula is C19H16BrN3O4. The van der Waals surface area contributed by atoms with Crippen LogP contribution >= 0.6 is 15.9 Å². The SMILES string of the molecule is CCc1nc2ccc(Br)cc2c(=O)n1N=Cc1cc2c(cc1OC)OCO2. The Morgan fingerprint density at radius 1 is 1.30 bits per heavy atom. The van der Waals surface area contributed by atoms with Crippen molar-refractivity contribution in [2.75, 3.05) is 13.9 Å². The predicted molar refractivity (Wildman–Crippen MR) is 105 cm³/mol. The van der Waals surface area contributed by atoms with Gasteiger partial charge in [-0.3, -0.25) is 4.79 Å². The maximum atomic E-state index is 12.9. The first-order valence-electron chi connectivity index (χ1n) is 8.34. The van der Waals surface area contributed by atoms with E-state index in [1.807, 2.05) is 19.1 Å². The van der Waals surface area contributed by atoms with Crippen molar-refractivity contribution in [2.24, 2.45) is 5.10 Å². The minimum absolute atomic E-state index is 0.169. The van der Waals surface area contributed by atoms with E-state index in [2.05, 4.69) is 26.0 Å². The number of nitrogens with zero attached hydrogens (tertiary/aromatic N) is 3. The lowest BCUT2D eigenvalue weighted by atomic mass is 10.2. The molecule has 0 saturated heterocycles. The second kappa shape index (κ2) is 7.03. The van der Waals surface area contributed by atoms with E-state index in [0.29, 0.717) is 46.0 Å². The number of aryl methyl sites for hydroxylation is 1. The van der Waals surface area contributed by atoms with Crippen LogP contribution in [0.2, 0.25) is 0 Å². The molecule has 0 amide bonds. The van der Waals surface area contributed by atoms with Crippen LogP contribution in [0.5, 0.6) is 17.2 Å². The third-order valence-corrected chi connectivity index (χ3v) is 4.72. The van der Waals surface area contributed by atoms with Crippen molar-refractivity contribution >= 4 is 33.0 Å². The standard InChI is InChI=1S/C19H16BrN3O4/c1-3-18-22-14-5-4-12(20)7-13(14)19(24)23(18)21-9-11-6-16-17(27-10-26-16)8-15(11)25-2/h4-9H,3,10H2,1-2H3. The lowest BCUT2D eigenvalue weighted by molar-refractivity contribution is 0.174. The summed E-state index contributed by atoms with van der Waals surface area (Å²) in [6.45, 7) is 2.10. The van der Waals surface area contributed by atoms with Gasteiger partial charge >= 0.3 is 0 Å². The van der Waals surface area contributed by atoms with Crippen molar-refractivity contribution in [1.29, 1.82) is 0 Å². The van der Waals surface area contributed by atoms with E-state index < -0.39 is 0 Å². The molecule has 0 spiro atoms. The normalized spacial score (nSPS) is 12.9. The van der Waals surface area contributed by atoms with Crippen molar-refractivity contribution in [1.82, 2.24) is 9.66 Å².